The molecular formula is C17H17N5O4. The van der Waals surface area contributed by atoms with Crippen LogP contribution in [0.4, 0.5) is 0 Å². The number of carbonyl (C=O) groups is 1. The molecule has 0 unspecified atom stereocenters. The van der Waals surface area contributed by atoms with Gasteiger partial charge in [-0.05, 0) is 35.9 Å². The Morgan fingerprint density at radius 1 is 1.38 bits per heavy atom. The predicted octanol–water partition coefficient (Wildman–Crippen LogP) is 3.28. The molecule has 2 heterocycles. The summed E-state index contributed by atoms with van der Waals surface area (Å²) in [6.07, 6.45) is 2.00. The second-order valence-corrected chi connectivity index (χ2v) is 5.48. The average Bonchev–Trinajstić information content (AvgIpc) is 3.34. The van der Waals surface area contributed by atoms with Crippen molar-refractivity contribution in [3.8, 4) is 11.5 Å². The molecule has 0 saturated carbocycles. The quantitative estimate of drug-likeness (QED) is 0.449. The Bertz CT molecular complexity index is 871. The summed E-state index contributed by atoms with van der Waals surface area (Å²) in [7, 11) is 3.12. The molecule has 0 aliphatic carbocycles. The molecule has 3 rings (SSSR count). The lowest BCUT2D eigenvalue weighted by molar-refractivity contribution is -0.131. The first-order chi connectivity index (χ1) is 12.7. The summed E-state index contributed by atoms with van der Waals surface area (Å²) in [6.45, 7) is -0.309. The molecule has 0 N–H and O–H groups in total. The van der Waals surface area contributed by atoms with Gasteiger partial charge < -0.3 is 13.9 Å². The van der Waals surface area contributed by atoms with Crippen LogP contribution in [0, 0.1) is 0 Å². The van der Waals surface area contributed by atoms with Crippen LogP contribution >= 0.6 is 0 Å². The number of ether oxygens (including phenoxy) is 2. The standard InChI is InChI=1S/C17H17N5O4/c1-24-15-6-5-11(8-16(15)25-2)12-9-13(14-4-3-7-26-14)22(20-12)17(23)10-19-21-18/h3-8,13H,9-10H2,1-2H3/t13-/m1/s1. The Labute approximate surface area is 149 Å². The third-order valence-electron chi connectivity index (χ3n) is 4.02. The first-order valence-corrected chi connectivity index (χ1v) is 7.84. The maximum Gasteiger partial charge on any atom is 0.249 e. The minimum Gasteiger partial charge on any atom is -0.493 e. The maximum atomic E-state index is 12.4. The van der Waals surface area contributed by atoms with Crippen LogP contribution in [0.5, 0.6) is 11.5 Å². The van der Waals surface area contributed by atoms with Crippen LogP contribution in [0.3, 0.4) is 0 Å². The van der Waals surface area contributed by atoms with E-state index in [1.54, 1.807) is 44.7 Å². The van der Waals surface area contributed by atoms with Gasteiger partial charge in [-0.15, -0.1) is 0 Å². The first kappa shape index (κ1) is 17.4. The second-order valence-electron chi connectivity index (χ2n) is 5.48. The third kappa shape index (κ3) is 3.33. The SMILES string of the molecule is COc1ccc(C2=NN(C(=O)CN=[N+]=[N-])[C@@H](c3ccco3)C2)cc1OC. The van der Waals surface area contributed by atoms with Crippen molar-refractivity contribution in [2.24, 2.45) is 10.2 Å². The Hall–Kier alpha value is -3.45. The van der Waals surface area contributed by atoms with Gasteiger partial charge in [0, 0.05) is 16.9 Å². The number of rotatable bonds is 6. The summed E-state index contributed by atoms with van der Waals surface area (Å²) in [5.41, 5.74) is 9.95. The molecule has 0 fully saturated rings. The van der Waals surface area contributed by atoms with Crippen molar-refractivity contribution in [2.75, 3.05) is 20.8 Å². The number of hydrogen-bond acceptors (Lipinski definition) is 6. The Balaban J connectivity index is 1.94. The van der Waals surface area contributed by atoms with Gasteiger partial charge >= 0.3 is 0 Å². The molecule has 1 amide bonds. The maximum absolute atomic E-state index is 12.4. The molecule has 134 valence electrons. The first-order valence-electron chi connectivity index (χ1n) is 7.84. The number of azide groups is 1. The third-order valence-corrected chi connectivity index (χ3v) is 4.02. The Morgan fingerprint density at radius 3 is 2.85 bits per heavy atom. The van der Waals surface area contributed by atoms with Crippen LogP contribution in [-0.4, -0.2) is 37.4 Å². The molecular weight excluding hydrogens is 338 g/mol. The van der Waals surface area contributed by atoms with E-state index in [-0.39, 0.29) is 6.54 Å². The molecule has 1 aliphatic rings. The van der Waals surface area contributed by atoms with E-state index in [0.29, 0.717) is 29.4 Å². The molecule has 26 heavy (non-hydrogen) atoms. The van der Waals surface area contributed by atoms with Crippen molar-refractivity contribution >= 4 is 11.6 Å². The zero-order chi connectivity index (χ0) is 18.5. The van der Waals surface area contributed by atoms with Gasteiger partial charge in [0.1, 0.15) is 18.3 Å². The summed E-state index contributed by atoms with van der Waals surface area (Å²) in [5, 5.41) is 9.08. The van der Waals surface area contributed by atoms with Crippen LogP contribution in [0.1, 0.15) is 23.8 Å². The lowest BCUT2D eigenvalue weighted by atomic mass is 10.0. The molecule has 1 aromatic heterocycles. The molecule has 0 bridgehead atoms. The van der Waals surface area contributed by atoms with Gasteiger partial charge in [0.05, 0.1) is 26.2 Å². The van der Waals surface area contributed by atoms with Crippen molar-refractivity contribution in [1.82, 2.24) is 5.01 Å². The van der Waals surface area contributed by atoms with E-state index < -0.39 is 11.9 Å². The monoisotopic (exact) mass is 355 g/mol. The van der Waals surface area contributed by atoms with Crippen molar-refractivity contribution in [1.29, 1.82) is 0 Å². The number of hydrazone groups is 1. The van der Waals surface area contributed by atoms with Gasteiger partial charge in [-0.2, -0.15) is 5.10 Å². The largest absolute Gasteiger partial charge is 0.493 e. The van der Waals surface area contributed by atoms with Crippen molar-refractivity contribution in [3.05, 3.63) is 58.4 Å². The number of furan rings is 1. The number of benzene rings is 1. The summed E-state index contributed by atoms with van der Waals surface area (Å²) in [6, 6.07) is 8.57. The molecule has 0 radical (unpaired) electrons. The van der Waals surface area contributed by atoms with Crippen LogP contribution in [0.15, 0.2) is 51.2 Å². The van der Waals surface area contributed by atoms with Crippen LogP contribution in [0.2, 0.25) is 0 Å². The van der Waals surface area contributed by atoms with Crippen molar-refractivity contribution < 1.29 is 18.7 Å². The highest BCUT2D eigenvalue weighted by Crippen LogP contribution is 2.35. The molecule has 0 spiro atoms. The fraction of sp³-hybridized carbons (Fsp3) is 0.294. The van der Waals surface area contributed by atoms with Crippen molar-refractivity contribution in [2.45, 2.75) is 12.5 Å². The van der Waals surface area contributed by atoms with Crippen LogP contribution < -0.4 is 9.47 Å². The van der Waals surface area contributed by atoms with E-state index in [4.69, 9.17) is 19.4 Å². The summed E-state index contributed by atoms with van der Waals surface area (Å²) < 4.78 is 16.0. The summed E-state index contributed by atoms with van der Waals surface area (Å²) in [5.74, 6) is 1.38. The van der Waals surface area contributed by atoms with E-state index >= 15 is 0 Å². The summed E-state index contributed by atoms with van der Waals surface area (Å²) >= 11 is 0. The predicted molar refractivity (Wildman–Crippen MR) is 93.0 cm³/mol. The van der Waals surface area contributed by atoms with Gasteiger partial charge in [0.15, 0.2) is 11.5 Å². The lowest BCUT2D eigenvalue weighted by Gasteiger charge is -2.18. The number of carbonyl (C=O) groups excluding carboxylic acids is 1. The van der Waals surface area contributed by atoms with Crippen molar-refractivity contribution in [3.63, 3.8) is 0 Å². The van der Waals surface area contributed by atoms with Gasteiger partial charge in [-0.25, -0.2) is 5.01 Å². The van der Waals surface area contributed by atoms with Gasteiger partial charge in [-0.1, -0.05) is 5.11 Å². The number of amides is 1. The summed E-state index contributed by atoms with van der Waals surface area (Å²) in [4.78, 5) is 15.0. The Kier molecular flexibility index (Phi) is 5.09. The average molecular weight is 355 g/mol. The molecule has 9 nitrogen and oxygen atoms in total. The highest BCUT2D eigenvalue weighted by Gasteiger charge is 2.34. The van der Waals surface area contributed by atoms with Crippen LogP contribution in [-0.2, 0) is 4.79 Å². The molecule has 0 saturated heterocycles. The van der Waals surface area contributed by atoms with Gasteiger partial charge in [-0.3, -0.25) is 4.79 Å². The normalized spacial score (nSPS) is 16.0. The molecule has 1 aromatic carbocycles. The molecule has 1 aliphatic heterocycles. The van der Waals surface area contributed by atoms with E-state index in [2.05, 4.69) is 15.1 Å². The number of methoxy groups -OCH3 is 2. The zero-order valence-corrected chi connectivity index (χ0v) is 14.3. The zero-order valence-electron chi connectivity index (χ0n) is 14.3. The number of nitrogens with zero attached hydrogens (tertiary/aromatic N) is 5. The number of hydrogen-bond donors (Lipinski definition) is 0. The lowest BCUT2D eigenvalue weighted by Crippen LogP contribution is -2.28. The van der Waals surface area contributed by atoms with E-state index in [1.807, 2.05) is 6.07 Å². The van der Waals surface area contributed by atoms with E-state index in [1.165, 1.54) is 5.01 Å². The van der Waals surface area contributed by atoms with Gasteiger partial charge in [0.2, 0.25) is 5.91 Å². The molecule has 2 aromatic rings. The minimum atomic E-state index is -0.403. The highest BCUT2D eigenvalue weighted by atomic mass is 16.5. The van der Waals surface area contributed by atoms with Gasteiger partial charge in [0.25, 0.3) is 0 Å². The smallest absolute Gasteiger partial charge is 0.249 e. The van der Waals surface area contributed by atoms with E-state index in [9.17, 15) is 4.79 Å². The fourth-order valence-electron chi connectivity index (χ4n) is 2.80. The fourth-order valence-corrected chi connectivity index (χ4v) is 2.80. The molecule has 9 heteroatoms. The highest BCUT2D eigenvalue weighted by molar-refractivity contribution is 6.03. The Morgan fingerprint density at radius 2 is 2.19 bits per heavy atom. The van der Waals surface area contributed by atoms with Crippen LogP contribution in [0.25, 0.3) is 10.4 Å². The minimum absolute atomic E-state index is 0.309. The van der Waals surface area contributed by atoms with E-state index in [0.717, 1.165) is 5.56 Å². The topological polar surface area (TPSA) is 113 Å². The molecule has 1 atom stereocenters. The second kappa shape index (κ2) is 7.62.